The first-order valence-electron chi connectivity index (χ1n) is 17.4. The maximum Gasteiger partial charge on any atom is 0 e. The van der Waals surface area contributed by atoms with Gasteiger partial charge in [-0.1, -0.05) is 65.7 Å². The summed E-state index contributed by atoms with van der Waals surface area (Å²) >= 11 is 15.1. The Bertz CT molecular complexity index is 1870. The Morgan fingerprint density at radius 1 is 0.690 bits per heavy atom. The number of aliphatic hydroxyl groups excluding tert-OH is 8. The van der Waals surface area contributed by atoms with Crippen molar-refractivity contribution < 1.29 is 99.7 Å². The molecule has 0 aromatic heterocycles. The summed E-state index contributed by atoms with van der Waals surface area (Å²) in [4.78, 5) is 0. The molecule has 2 aliphatic rings. The third-order valence-corrected chi connectivity index (χ3v) is 10.4. The molecule has 1 unspecified atom stereocenters. The van der Waals surface area contributed by atoms with Crippen molar-refractivity contribution >= 4 is 51.6 Å². The molecule has 0 aliphatic carbocycles. The fraction of sp³-hybridized carbons (Fsp3) is 0.385. The average molecular weight is 1130 g/mol. The van der Waals surface area contributed by atoms with Gasteiger partial charge in [0.2, 0.25) is 5.79 Å². The van der Waals surface area contributed by atoms with Crippen LogP contribution in [0.5, 0.6) is 11.5 Å². The maximum absolute atomic E-state index is 10.6. The van der Waals surface area contributed by atoms with Gasteiger partial charge in [0, 0.05) is 41.3 Å². The van der Waals surface area contributed by atoms with Crippen LogP contribution in [-0.2, 0) is 51.4 Å². The molecular weight excluding hydrogens is 1080 g/mol. The molecule has 2 fully saturated rings. The van der Waals surface area contributed by atoms with E-state index in [1.54, 1.807) is 84.9 Å². The van der Waals surface area contributed by atoms with E-state index in [0.29, 0.717) is 39.6 Å². The van der Waals surface area contributed by atoms with Crippen LogP contribution in [0.1, 0.15) is 39.5 Å². The minimum absolute atomic E-state index is 0. The summed E-state index contributed by atoms with van der Waals surface area (Å²) in [5, 5.41) is 99.6. The number of phenolic OH excluding ortho intramolecular Hbond substituents is 2. The molecule has 58 heavy (non-hydrogen) atoms. The zero-order valence-electron chi connectivity index (χ0n) is 30.7. The second-order valence-corrected chi connectivity index (χ2v) is 22.7. The van der Waals surface area contributed by atoms with Crippen molar-refractivity contribution in [2.75, 3.05) is 20.3 Å². The first-order chi connectivity index (χ1) is 27.1. The number of aliphatic hydroxyl groups is 8. The van der Waals surface area contributed by atoms with Crippen molar-refractivity contribution in [2.24, 2.45) is 0 Å². The van der Waals surface area contributed by atoms with Crippen molar-refractivity contribution in [1.29, 1.82) is 0 Å². The normalized spacial score (nSPS) is 28.0. The number of benzene rings is 4. The Hall–Kier alpha value is -0.986. The Balaban J connectivity index is 0.000000287. The van der Waals surface area contributed by atoms with Crippen LogP contribution in [0, 0.1) is 0 Å². The molecular formula is C39H45Cl2I2O13SV-. The van der Waals surface area contributed by atoms with Crippen molar-refractivity contribution in [1.82, 2.24) is 0 Å². The summed E-state index contributed by atoms with van der Waals surface area (Å²) in [6, 6.07) is 23.4. The first kappa shape index (κ1) is 51.4. The molecule has 13 nitrogen and oxygen atoms in total. The van der Waals surface area contributed by atoms with Gasteiger partial charge >= 0.3 is 44.3 Å². The second-order valence-electron chi connectivity index (χ2n) is 13.3. The molecule has 10 atom stereocenters. The van der Waals surface area contributed by atoms with E-state index in [4.69, 9.17) is 37.4 Å². The molecule has 4 aromatic carbocycles. The van der Waals surface area contributed by atoms with E-state index in [9.17, 15) is 51.1 Å². The Kier molecular flexibility index (Phi) is 21.3. The number of hydrogen-bond donors (Lipinski definition) is 11. The Morgan fingerprint density at radius 2 is 1.16 bits per heavy atom. The van der Waals surface area contributed by atoms with E-state index in [1.165, 1.54) is 7.11 Å². The summed E-state index contributed by atoms with van der Waals surface area (Å²) in [6.07, 6.45) is -10.9. The third kappa shape index (κ3) is 12.6. The third-order valence-electron chi connectivity index (χ3n) is 9.65. The molecule has 319 valence electrons. The largest absolute Gasteiger partial charge is 0 e. The second kappa shape index (κ2) is 24.0. The van der Waals surface area contributed by atoms with Crippen LogP contribution in [0.25, 0.3) is 0 Å². The summed E-state index contributed by atoms with van der Waals surface area (Å²) in [7, 11) is 5.19. The van der Waals surface area contributed by atoms with Gasteiger partial charge in [0.25, 0.3) is 0 Å². The van der Waals surface area contributed by atoms with Crippen LogP contribution in [-0.4, -0.2) is 120 Å². The van der Waals surface area contributed by atoms with E-state index in [-0.39, 0.29) is 45.9 Å². The van der Waals surface area contributed by atoms with Gasteiger partial charge in [0.15, 0.2) is 0 Å². The molecule has 0 saturated carbocycles. The van der Waals surface area contributed by atoms with E-state index < -0.39 is 73.9 Å². The smallest absolute Gasteiger partial charge is 0 e. The van der Waals surface area contributed by atoms with E-state index >= 15 is 0 Å². The van der Waals surface area contributed by atoms with Crippen LogP contribution in [0.4, 0.5) is 0 Å². The molecule has 6 rings (SSSR count). The van der Waals surface area contributed by atoms with Crippen LogP contribution in [0.15, 0.2) is 84.9 Å². The average Bonchev–Trinajstić information content (AvgIpc) is 3.20. The summed E-state index contributed by atoms with van der Waals surface area (Å²) in [5.41, 5.74) is 4.29. The fourth-order valence-electron chi connectivity index (χ4n) is 6.55. The molecule has 0 spiro atoms. The fourth-order valence-corrected chi connectivity index (χ4v) is 6.91. The topological polar surface area (TPSA) is 230 Å². The number of rotatable bonds is 9. The standard InChI is InChI=1S/C20H23ClO7.C19H21ClO6.HI2S.V/c1-27-20(19(26)18(25)17(24)16(10-22)28-20)13-4-7-15(21)12(9-13)8-11-2-5-14(23)6-3-11;20-14-6-3-11(8-12(14)7-10-1-4-13(22)5-2-10)19-18(25)17(24)16(23)15(9-21)26-19;1-2-3;/h2-7,9,16-19,22-26H,8,10H2,1H3;1-6,8,15-19,21-25H,7,9H2;3H;/q;;-1;/t16-,17-,18+,19-,20?;15-,16-,17+,18-,19+;;/m11../s1. The van der Waals surface area contributed by atoms with E-state index in [2.05, 4.69) is 28.4 Å². The van der Waals surface area contributed by atoms with Gasteiger partial charge in [-0.15, -0.1) is 0 Å². The quantitative estimate of drug-likeness (QED) is 0.0804. The molecule has 0 amide bonds. The minimum Gasteiger partial charge on any atom is 0 e. The number of phenols is 2. The van der Waals surface area contributed by atoms with Gasteiger partial charge in [-0.05, 0) is 83.1 Å². The van der Waals surface area contributed by atoms with Gasteiger partial charge in [0.05, 0.1) is 13.2 Å². The maximum atomic E-state index is 10.6. The van der Waals surface area contributed by atoms with Crippen molar-refractivity contribution in [2.45, 2.75) is 73.6 Å². The van der Waals surface area contributed by atoms with Crippen molar-refractivity contribution in [3.63, 3.8) is 0 Å². The van der Waals surface area contributed by atoms with Crippen molar-refractivity contribution in [3.8, 4) is 11.5 Å². The van der Waals surface area contributed by atoms with Crippen LogP contribution < -0.4 is 15.8 Å². The summed E-state index contributed by atoms with van der Waals surface area (Å²) in [5.74, 6) is -1.46. The first-order valence-corrected chi connectivity index (χ1v) is 27.6. The predicted octanol–water partition coefficient (Wildman–Crippen LogP) is 0.328. The SMILES string of the molecule is COC1(c2ccc(Cl)c(Cc3ccc(O)cc3)c2)O[C@H](CO)[C@@H](O)[C@H](O)[C@H]1O.OC[C@H]1O[C@@H](c2ccc(Cl)c(Cc3ccc(O)cc3)c2)[C@H](O)[C@@H](O)[C@@H]1O.S[I-]I.[V]. The zero-order chi connectivity index (χ0) is 42.0. The molecule has 1 radical (unpaired) electrons. The van der Waals surface area contributed by atoms with Gasteiger partial charge in [-0.25, -0.2) is 0 Å². The number of ether oxygens (including phenoxy) is 3. The van der Waals surface area contributed by atoms with E-state index in [1.807, 2.05) is 0 Å². The van der Waals surface area contributed by atoms with Crippen LogP contribution in [0.3, 0.4) is 0 Å². The molecule has 10 N–H and O–H groups in total. The molecule has 2 aliphatic heterocycles. The minimum atomic E-state index is -1.79. The molecule has 2 saturated heterocycles. The number of thiol groups is 1. The number of hydrogen-bond acceptors (Lipinski definition) is 14. The van der Waals surface area contributed by atoms with Crippen molar-refractivity contribution in [3.05, 3.63) is 128 Å². The summed E-state index contributed by atoms with van der Waals surface area (Å²) in [6.45, 7) is -1.04. The zero-order valence-corrected chi connectivity index (χ0v) is 38.8. The Morgan fingerprint density at radius 3 is 1.64 bits per heavy atom. The number of methoxy groups -OCH3 is 1. The molecule has 2 heterocycles. The number of halogens is 4. The van der Waals surface area contributed by atoms with Gasteiger partial charge in [-0.3, -0.25) is 0 Å². The van der Waals surface area contributed by atoms with E-state index in [0.717, 1.165) is 16.7 Å². The van der Waals surface area contributed by atoms with Gasteiger partial charge < -0.3 is 65.3 Å². The van der Waals surface area contributed by atoms with Gasteiger partial charge in [-0.2, -0.15) is 0 Å². The van der Waals surface area contributed by atoms with Crippen LogP contribution in [0.2, 0.25) is 10.0 Å². The monoisotopic (exact) mass is 1130 g/mol. The molecule has 19 heteroatoms. The Labute approximate surface area is 381 Å². The van der Waals surface area contributed by atoms with Crippen LogP contribution >= 0.6 is 51.6 Å². The predicted molar refractivity (Wildman–Crippen MR) is 219 cm³/mol. The molecule has 0 bridgehead atoms. The molecule has 4 aromatic rings. The number of aromatic hydroxyl groups is 2. The summed E-state index contributed by atoms with van der Waals surface area (Å²) < 4.78 is 16.8. The van der Waals surface area contributed by atoms with Gasteiger partial charge in [0.1, 0.15) is 66.4 Å².